The fourth-order valence-electron chi connectivity index (χ4n) is 4.83. The van der Waals surface area contributed by atoms with E-state index in [0.717, 1.165) is 0 Å². The molecule has 1 aliphatic heterocycles. The van der Waals surface area contributed by atoms with Crippen LogP contribution < -0.4 is 0 Å². The third-order valence-corrected chi connectivity index (χ3v) is 6.13. The van der Waals surface area contributed by atoms with Gasteiger partial charge in [0.15, 0.2) is 11.6 Å². The Labute approximate surface area is 146 Å². The number of aliphatic hydroxyl groups is 2. The number of hydrogen-bond acceptors (Lipinski definition) is 5. The predicted molar refractivity (Wildman–Crippen MR) is 90.5 cm³/mol. The number of rotatable bonds is 2. The number of fused-ring (bicyclic) bond motifs is 2. The van der Waals surface area contributed by atoms with Crippen LogP contribution in [0.4, 0.5) is 0 Å². The van der Waals surface area contributed by atoms with E-state index < -0.39 is 40.5 Å². The van der Waals surface area contributed by atoms with E-state index in [9.17, 15) is 24.6 Å². The Morgan fingerprint density at radius 3 is 2.48 bits per heavy atom. The highest BCUT2D eigenvalue weighted by molar-refractivity contribution is 6.22. The summed E-state index contributed by atoms with van der Waals surface area (Å²) in [6.07, 6.45) is 6.52. The van der Waals surface area contributed by atoms with Gasteiger partial charge in [0.25, 0.3) is 0 Å². The molecular weight excluding hydrogens is 322 g/mol. The molecule has 1 heterocycles. The highest BCUT2D eigenvalue weighted by Gasteiger charge is 2.74. The number of aliphatic hydroxyl groups excluding tert-OH is 1. The lowest BCUT2D eigenvalue weighted by Gasteiger charge is -2.57. The molecule has 4 fully saturated rings. The van der Waals surface area contributed by atoms with Gasteiger partial charge in [0.1, 0.15) is 11.4 Å². The Kier molecular flexibility index (Phi) is 3.80. The summed E-state index contributed by atoms with van der Waals surface area (Å²) >= 11 is 0. The summed E-state index contributed by atoms with van der Waals surface area (Å²) in [6, 6.07) is -0.491. The summed E-state index contributed by atoms with van der Waals surface area (Å²) in [5.41, 5.74) is -3.29. The number of likely N-dealkylation sites (tertiary alicyclic amines) is 1. The highest BCUT2D eigenvalue weighted by Crippen LogP contribution is 2.60. The number of nitrogens with zero attached hydrogens (tertiary/aromatic N) is 1. The van der Waals surface area contributed by atoms with Gasteiger partial charge in [0, 0.05) is 36.9 Å². The van der Waals surface area contributed by atoms with Gasteiger partial charge in [0.2, 0.25) is 5.91 Å². The van der Waals surface area contributed by atoms with Gasteiger partial charge >= 0.3 is 0 Å². The van der Waals surface area contributed by atoms with Crippen molar-refractivity contribution in [2.75, 3.05) is 7.05 Å². The second-order valence-electron chi connectivity index (χ2n) is 7.48. The number of carbonyl (C=O) groups excluding carboxylic acids is 3. The molecule has 5 atom stereocenters. The maximum absolute atomic E-state index is 13.1. The molecule has 134 valence electrons. The first kappa shape index (κ1) is 17.6. The SMILES string of the molecule is CC=CC=CC(O)=C1C(=O)C2(C)C(=O)C(C)(O)C1C1C2CC(=O)N1C. The van der Waals surface area contributed by atoms with Gasteiger partial charge in [-0.1, -0.05) is 18.2 Å². The average molecular weight is 345 g/mol. The van der Waals surface area contributed by atoms with Crippen LogP contribution in [0.25, 0.3) is 0 Å². The van der Waals surface area contributed by atoms with E-state index in [2.05, 4.69) is 0 Å². The second kappa shape index (κ2) is 5.39. The van der Waals surface area contributed by atoms with E-state index in [0.29, 0.717) is 0 Å². The summed E-state index contributed by atoms with van der Waals surface area (Å²) in [4.78, 5) is 39.7. The van der Waals surface area contributed by atoms with Gasteiger partial charge in [-0.15, -0.1) is 0 Å². The Morgan fingerprint density at radius 2 is 1.88 bits per heavy atom. The largest absolute Gasteiger partial charge is 0.508 e. The van der Waals surface area contributed by atoms with Crippen molar-refractivity contribution in [3.8, 4) is 0 Å². The smallest absolute Gasteiger partial charge is 0.222 e. The van der Waals surface area contributed by atoms with E-state index >= 15 is 0 Å². The minimum atomic E-state index is -1.82. The molecule has 2 bridgehead atoms. The molecule has 0 spiro atoms. The molecule has 1 saturated heterocycles. The van der Waals surface area contributed by atoms with Crippen molar-refractivity contribution in [2.45, 2.75) is 38.8 Å². The van der Waals surface area contributed by atoms with E-state index in [1.807, 2.05) is 6.92 Å². The highest BCUT2D eigenvalue weighted by atomic mass is 16.3. The molecule has 3 aliphatic carbocycles. The minimum absolute atomic E-state index is 0.0376. The van der Waals surface area contributed by atoms with E-state index in [1.54, 1.807) is 25.3 Å². The number of carbonyl (C=O) groups is 3. The molecule has 1 amide bonds. The molecular formula is C19H23NO5. The van der Waals surface area contributed by atoms with Crippen molar-refractivity contribution >= 4 is 17.5 Å². The van der Waals surface area contributed by atoms with Gasteiger partial charge in [-0.3, -0.25) is 14.4 Å². The van der Waals surface area contributed by atoms with Crippen molar-refractivity contribution in [3.63, 3.8) is 0 Å². The molecule has 3 saturated carbocycles. The van der Waals surface area contributed by atoms with Crippen LogP contribution >= 0.6 is 0 Å². The molecule has 4 rings (SSSR count). The molecule has 0 aromatic rings. The second-order valence-corrected chi connectivity index (χ2v) is 7.48. The zero-order valence-electron chi connectivity index (χ0n) is 14.8. The fraction of sp³-hybridized carbons (Fsp3) is 0.526. The molecule has 4 aliphatic rings. The predicted octanol–water partition coefficient (Wildman–Crippen LogP) is 1.32. The first-order valence-electron chi connectivity index (χ1n) is 8.40. The summed E-state index contributed by atoms with van der Waals surface area (Å²) in [6.45, 7) is 4.69. The van der Waals surface area contributed by atoms with Crippen LogP contribution in [0.3, 0.4) is 0 Å². The van der Waals surface area contributed by atoms with E-state index in [-0.39, 0.29) is 23.7 Å². The lowest BCUT2D eigenvalue weighted by molar-refractivity contribution is -0.180. The number of allylic oxidation sites excluding steroid dienone is 4. The Hall–Kier alpha value is -2.21. The average Bonchev–Trinajstić information content (AvgIpc) is 2.84. The summed E-state index contributed by atoms with van der Waals surface area (Å²) < 4.78 is 0. The minimum Gasteiger partial charge on any atom is -0.508 e. The molecule has 6 nitrogen and oxygen atoms in total. The molecule has 2 N–H and O–H groups in total. The topological polar surface area (TPSA) is 94.9 Å². The van der Waals surface area contributed by atoms with E-state index in [4.69, 9.17) is 0 Å². The quantitative estimate of drug-likeness (QED) is 0.341. The maximum Gasteiger partial charge on any atom is 0.222 e. The zero-order chi connectivity index (χ0) is 18.7. The van der Waals surface area contributed by atoms with Gasteiger partial charge in [-0.05, 0) is 26.8 Å². The van der Waals surface area contributed by atoms with Crippen molar-refractivity contribution in [2.24, 2.45) is 17.3 Å². The lowest BCUT2D eigenvalue weighted by atomic mass is 9.46. The van der Waals surface area contributed by atoms with E-state index in [1.165, 1.54) is 24.8 Å². The van der Waals surface area contributed by atoms with Crippen LogP contribution in [-0.4, -0.2) is 51.3 Å². The van der Waals surface area contributed by atoms with Crippen LogP contribution in [0.5, 0.6) is 0 Å². The monoisotopic (exact) mass is 345 g/mol. The first-order chi connectivity index (χ1) is 11.6. The van der Waals surface area contributed by atoms with Crippen LogP contribution in [-0.2, 0) is 14.4 Å². The van der Waals surface area contributed by atoms with Gasteiger partial charge in [-0.25, -0.2) is 0 Å². The molecule has 25 heavy (non-hydrogen) atoms. The standard InChI is InChI=1S/C19H23NO5/c1-5-6-7-8-11(21)13-14-15-10(9-12(22)20(15)4)18(2,16(13)23)17(24)19(14,3)25/h5-8,10,14-15,21,25H,9H2,1-4H3. The number of Topliss-reactive ketones (excluding diaryl/α,β-unsaturated/α-hetero) is 2. The zero-order valence-corrected chi connectivity index (χ0v) is 14.8. The Morgan fingerprint density at radius 1 is 1.24 bits per heavy atom. The third-order valence-electron chi connectivity index (χ3n) is 6.13. The summed E-state index contributed by atoms with van der Waals surface area (Å²) in [5.74, 6) is -2.89. The maximum atomic E-state index is 13.1. The first-order valence-corrected chi connectivity index (χ1v) is 8.40. The summed E-state index contributed by atoms with van der Waals surface area (Å²) in [5, 5.41) is 21.4. The third kappa shape index (κ3) is 2.03. The molecule has 0 aromatic carbocycles. The summed E-state index contributed by atoms with van der Waals surface area (Å²) in [7, 11) is 1.62. The van der Waals surface area contributed by atoms with Crippen LogP contribution in [0.2, 0.25) is 0 Å². The lowest BCUT2D eigenvalue weighted by Crippen LogP contribution is -2.73. The molecule has 0 aromatic heterocycles. The van der Waals surface area contributed by atoms with Crippen LogP contribution in [0.1, 0.15) is 27.2 Å². The number of amides is 1. The van der Waals surface area contributed by atoms with Crippen molar-refractivity contribution < 1.29 is 24.6 Å². The van der Waals surface area contributed by atoms with Crippen molar-refractivity contribution in [1.82, 2.24) is 4.90 Å². The molecule has 5 unspecified atom stereocenters. The molecule has 0 radical (unpaired) electrons. The van der Waals surface area contributed by atoms with Crippen molar-refractivity contribution in [1.29, 1.82) is 0 Å². The number of hydrogen-bond donors (Lipinski definition) is 2. The Balaban J connectivity index is 2.25. The van der Waals surface area contributed by atoms with Crippen LogP contribution in [0, 0.1) is 17.3 Å². The number of ketones is 2. The molecule has 6 heteroatoms. The van der Waals surface area contributed by atoms with Crippen molar-refractivity contribution in [3.05, 3.63) is 35.6 Å². The fourth-order valence-corrected chi connectivity index (χ4v) is 4.83. The van der Waals surface area contributed by atoms with Gasteiger partial charge < -0.3 is 15.1 Å². The van der Waals surface area contributed by atoms with Gasteiger partial charge in [0.05, 0.1) is 5.41 Å². The normalized spacial score (nSPS) is 42.8. The van der Waals surface area contributed by atoms with Crippen LogP contribution in [0.15, 0.2) is 35.6 Å². The Bertz CT molecular complexity index is 760. The van der Waals surface area contributed by atoms with Gasteiger partial charge in [-0.2, -0.15) is 0 Å².